The predicted octanol–water partition coefficient (Wildman–Crippen LogP) is 4.30. The molecule has 0 spiro atoms. The number of ether oxygens (including phenoxy) is 2. The molecule has 0 saturated carbocycles. The predicted molar refractivity (Wildman–Crippen MR) is 76.9 cm³/mol. The Bertz CT molecular complexity index is 379. The topological polar surface area (TPSA) is 18.5 Å². The number of benzene rings is 1. The summed E-state index contributed by atoms with van der Waals surface area (Å²) < 4.78 is 11.1. The molecule has 0 aliphatic rings. The lowest BCUT2D eigenvalue weighted by Crippen LogP contribution is -2.23. The van der Waals surface area contributed by atoms with Crippen LogP contribution < -0.4 is 9.47 Å². The van der Waals surface area contributed by atoms with Crippen LogP contribution in [0.15, 0.2) is 12.1 Å². The van der Waals surface area contributed by atoms with Gasteiger partial charge in [0.15, 0.2) is 0 Å². The van der Waals surface area contributed by atoms with Crippen molar-refractivity contribution >= 4 is 0 Å². The Morgan fingerprint density at radius 3 is 1.11 bits per heavy atom. The standard InChI is InChI=1S/C16H26O2/c1-15(2,3)13-11(17-7)9-10-12(18-8)14(13)16(4,5)6/h9-10H,1-8H3. The van der Waals surface area contributed by atoms with Gasteiger partial charge in [-0.1, -0.05) is 41.5 Å². The van der Waals surface area contributed by atoms with E-state index in [4.69, 9.17) is 9.47 Å². The van der Waals surface area contributed by atoms with Crippen molar-refractivity contribution in [1.29, 1.82) is 0 Å². The Balaban J connectivity index is 3.71. The molecule has 0 aliphatic carbocycles. The van der Waals surface area contributed by atoms with Crippen molar-refractivity contribution in [2.75, 3.05) is 14.2 Å². The number of rotatable bonds is 2. The van der Waals surface area contributed by atoms with E-state index >= 15 is 0 Å². The highest BCUT2D eigenvalue weighted by atomic mass is 16.5. The van der Waals surface area contributed by atoms with E-state index in [1.807, 2.05) is 12.1 Å². The molecule has 1 rings (SSSR count). The van der Waals surface area contributed by atoms with Gasteiger partial charge < -0.3 is 9.47 Å². The zero-order chi connectivity index (χ0) is 14.1. The van der Waals surface area contributed by atoms with Crippen LogP contribution in [-0.2, 0) is 10.8 Å². The molecule has 2 heteroatoms. The first kappa shape index (κ1) is 14.9. The van der Waals surface area contributed by atoms with Crippen molar-refractivity contribution in [3.05, 3.63) is 23.3 Å². The van der Waals surface area contributed by atoms with Crippen LogP contribution in [0.25, 0.3) is 0 Å². The third-order valence-electron chi connectivity index (χ3n) is 3.07. The summed E-state index contributed by atoms with van der Waals surface area (Å²) in [4.78, 5) is 0. The number of hydrogen-bond donors (Lipinski definition) is 0. The van der Waals surface area contributed by atoms with Crippen molar-refractivity contribution in [2.24, 2.45) is 0 Å². The molecule has 0 heterocycles. The maximum atomic E-state index is 5.55. The van der Waals surface area contributed by atoms with Gasteiger partial charge in [-0.15, -0.1) is 0 Å². The Hall–Kier alpha value is -1.18. The summed E-state index contributed by atoms with van der Waals surface area (Å²) in [5.41, 5.74) is 2.50. The SMILES string of the molecule is COc1ccc(OC)c(C(C)(C)C)c1C(C)(C)C. The zero-order valence-corrected chi connectivity index (χ0v) is 13.0. The Kier molecular flexibility index (Phi) is 3.99. The Labute approximate surface area is 111 Å². The summed E-state index contributed by atoms with van der Waals surface area (Å²) in [6.07, 6.45) is 0. The van der Waals surface area contributed by atoms with Gasteiger partial charge in [0.05, 0.1) is 14.2 Å². The maximum Gasteiger partial charge on any atom is 0.123 e. The van der Waals surface area contributed by atoms with Gasteiger partial charge in [0.2, 0.25) is 0 Å². The highest BCUT2D eigenvalue weighted by Crippen LogP contribution is 2.44. The van der Waals surface area contributed by atoms with Crippen LogP contribution in [0.4, 0.5) is 0 Å². The van der Waals surface area contributed by atoms with E-state index in [-0.39, 0.29) is 10.8 Å². The number of methoxy groups -OCH3 is 2. The molecule has 0 aromatic heterocycles. The highest BCUT2D eigenvalue weighted by Gasteiger charge is 2.31. The molecule has 18 heavy (non-hydrogen) atoms. The van der Waals surface area contributed by atoms with Crippen LogP contribution in [0.2, 0.25) is 0 Å². The van der Waals surface area contributed by atoms with Crippen molar-refractivity contribution in [1.82, 2.24) is 0 Å². The monoisotopic (exact) mass is 250 g/mol. The van der Waals surface area contributed by atoms with Gasteiger partial charge in [-0.05, 0) is 23.0 Å². The van der Waals surface area contributed by atoms with Crippen molar-refractivity contribution < 1.29 is 9.47 Å². The summed E-state index contributed by atoms with van der Waals surface area (Å²) in [6, 6.07) is 3.99. The minimum atomic E-state index is 0.0164. The highest BCUT2D eigenvalue weighted by molar-refractivity contribution is 5.54. The van der Waals surface area contributed by atoms with Crippen LogP contribution in [-0.4, -0.2) is 14.2 Å². The molecule has 2 nitrogen and oxygen atoms in total. The van der Waals surface area contributed by atoms with Crippen LogP contribution in [0.3, 0.4) is 0 Å². The molecule has 0 aliphatic heterocycles. The second kappa shape index (κ2) is 4.83. The van der Waals surface area contributed by atoms with Crippen LogP contribution in [0.1, 0.15) is 52.7 Å². The molecule has 0 bridgehead atoms. The van der Waals surface area contributed by atoms with E-state index in [0.29, 0.717) is 0 Å². The second-order valence-corrected chi connectivity index (χ2v) is 6.72. The first-order valence-corrected chi connectivity index (χ1v) is 6.39. The fourth-order valence-electron chi connectivity index (χ4n) is 2.39. The van der Waals surface area contributed by atoms with Gasteiger partial charge in [0, 0.05) is 11.1 Å². The third-order valence-corrected chi connectivity index (χ3v) is 3.07. The molecule has 0 atom stereocenters. The molecule has 1 aromatic carbocycles. The second-order valence-electron chi connectivity index (χ2n) is 6.72. The molecule has 0 saturated heterocycles. The molecular formula is C16H26O2. The van der Waals surface area contributed by atoms with Gasteiger partial charge in [-0.2, -0.15) is 0 Å². The van der Waals surface area contributed by atoms with Gasteiger partial charge in [0.1, 0.15) is 11.5 Å². The van der Waals surface area contributed by atoms with Crippen LogP contribution >= 0.6 is 0 Å². The van der Waals surface area contributed by atoms with E-state index in [2.05, 4.69) is 41.5 Å². The average molecular weight is 250 g/mol. The van der Waals surface area contributed by atoms with Crippen LogP contribution in [0.5, 0.6) is 11.5 Å². The fraction of sp³-hybridized carbons (Fsp3) is 0.625. The minimum Gasteiger partial charge on any atom is -0.496 e. The van der Waals surface area contributed by atoms with Crippen molar-refractivity contribution in [2.45, 2.75) is 52.4 Å². The zero-order valence-electron chi connectivity index (χ0n) is 13.0. The lowest BCUT2D eigenvalue weighted by molar-refractivity contribution is 0.371. The van der Waals surface area contributed by atoms with Crippen molar-refractivity contribution in [3.63, 3.8) is 0 Å². The van der Waals surface area contributed by atoms with Crippen molar-refractivity contribution in [3.8, 4) is 11.5 Å². The van der Waals surface area contributed by atoms with Crippen LogP contribution in [0, 0.1) is 0 Å². The van der Waals surface area contributed by atoms with E-state index < -0.39 is 0 Å². The maximum absolute atomic E-state index is 5.55. The first-order valence-electron chi connectivity index (χ1n) is 6.39. The Morgan fingerprint density at radius 2 is 0.944 bits per heavy atom. The quantitative estimate of drug-likeness (QED) is 0.779. The lowest BCUT2D eigenvalue weighted by Gasteiger charge is -2.33. The largest absolute Gasteiger partial charge is 0.496 e. The van der Waals surface area contributed by atoms with E-state index in [9.17, 15) is 0 Å². The minimum absolute atomic E-state index is 0.0164. The molecule has 0 radical (unpaired) electrons. The Morgan fingerprint density at radius 1 is 0.667 bits per heavy atom. The molecule has 0 N–H and O–H groups in total. The summed E-state index contributed by atoms with van der Waals surface area (Å²) >= 11 is 0. The molecule has 0 fully saturated rings. The summed E-state index contributed by atoms with van der Waals surface area (Å²) in [6.45, 7) is 13.2. The molecule has 1 aromatic rings. The van der Waals surface area contributed by atoms with E-state index in [0.717, 1.165) is 11.5 Å². The van der Waals surface area contributed by atoms with Gasteiger partial charge in [-0.25, -0.2) is 0 Å². The fourth-order valence-corrected chi connectivity index (χ4v) is 2.39. The molecular weight excluding hydrogens is 224 g/mol. The molecule has 0 amide bonds. The molecule has 102 valence electrons. The van der Waals surface area contributed by atoms with Gasteiger partial charge in [0.25, 0.3) is 0 Å². The first-order chi connectivity index (χ1) is 8.12. The summed E-state index contributed by atoms with van der Waals surface area (Å²) in [7, 11) is 3.45. The smallest absolute Gasteiger partial charge is 0.123 e. The normalized spacial score (nSPS) is 12.4. The third kappa shape index (κ3) is 2.80. The van der Waals surface area contributed by atoms with E-state index in [1.54, 1.807) is 14.2 Å². The summed E-state index contributed by atoms with van der Waals surface area (Å²) in [5.74, 6) is 1.88. The average Bonchev–Trinajstić information content (AvgIpc) is 2.24. The lowest BCUT2D eigenvalue weighted by atomic mass is 9.74. The van der Waals surface area contributed by atoms with E-state index in [1.165, 1.54) is 11.1 Å². The van der Waals surface area contributed by atoms with Gasteiger partial charge in [-0.3, -0.25) is 0 Å². The number of hydrogen-bond acceptors (Lipinski definition) is 2. The summed E-state index contributed by atoms with van der Waals surface area (Å²) in [5, 5.41) is 0. The molecule has 0 unspecified atom stereocenters. The van der Waals surface area contributed by atoms with Gasteiger partial charge >= 0.3 is 0 Å².